The number of aliphatic carboxylic acids is 1. The number of hydrogen-bond donors (Lipinski definition) is 1. The summed E-state index contributed by atoms with van der Waals surface area (Å²) in [6.45, 7) is 3.01. The van der Waals surface area contributed by atoms with Crippen LogP contribution in [0.2, 0.25) is 0 Å². The summed E-state index contributed by atoms with van der Waals surface area (Å²) in [5.74, 6) is 0.414. The maximum atomic E-state index is 11.5. The van der Waals surface area contributed by atoms with E-state index in [1.54, 1.807) is 11.8 Å². The molecule has 0 spiro atoms. The third-order valence-electron chi connectivity index (χ3n) is 1.76. The Morgan fingerprint density at radius 3 is 2.46 bits per heavy atom. The molecule has 3 nitrogen and oxygen atoms in total. The van der Waals surface area contributed by atoms with Gasteiger partial charge in [0.05, 0.1) is 0 Å². The first-order valence-corrected chi connectivity index (χ1v) is 6.75. The number of rotatable bonds is 6. The second kappa shape index (κ2) is 5.65. The summed E-state index contributed by atoms with van der Waals surface area (Å²) in [4.78, 5) is 10.7. The zero-order valence-corrected chi connectivity index (χ0v) is 9.83. The average molecular weight is 224 g/mol. The van der Waals surface area contributed by atoms with Gasteiger partial charge in [0.25, 0.3) is 0 Å². The van der Waals surface area contributed by atoms with Gasteiger partial charge in [-0.15, -0.1) is 0 Å². The zero-order chi connectivity index (χ0) is 10.5. The lowest BCUT2D eigenvalue weighted by atomic mass is 10.2. The Bertz CT molecular complexity index is 202. The van der Waals surface area contributed by atoms with Crippen LogP contribution in [0.5, 0.6) is 0 Å². The van der Waals surface area contributed by atoms with Crippen LogP contribution in [-0.2, 0) is 15.6 Å². The average Bonchev–Trinajstić information content (AvgIpc) is 2.04. The maximum absolute atomic E-state index is 11.5. The fourth-order valence-electron chi connectivity index (χ4n) is 0.687. The highest BCUT2D eigenvalue weighted by molar-refractivity contribution is 7.98. The van der Waals surface area contributed by atoms with Crippen molar-refractivity contribution in [1.82, 2.24) is 0 Å². The summed E-state index contributed by atoms with van der Waals surface area (Å²) in [5, 5.41) is 8.77. The van der Waals surface area contributed by atoms with Gasteiger partial charge in [0.1, 0.15) is 4.75 Å². The predicted octanol–water partition coefficient (Wildman–Crippen LogP) is 1.35. The van der Waals surface area contributed by atoms with Gasteiger partial charge in [-0.1, -0.05) is 0 Å². The summed E-state index contributed by atoms with van der Waals surface area (Å²) < 4.78 is 10.4. The van der Waals surface area contributed by atoms with E-state index in [9.17, 15) is 9.00 Å². The molecule has 0 rings (SSSR count). The standard InChI is InChI=1S/C8H16O3S2/c1-8(2,7(9)10)13(11)6-4-5-12-3/h4-6H2,1-3H3,(H,9,10). The third-order valence-corrected chi connectivity index (χ3v) is 4.43. The SMILES string of the molecule is CSCCCS(=O)C(C)(C)C(=O)O. The second-order valence-electron chi connectivity index (χ2n) is 3.21. The van der Waals surface area contributed by atoms with Crippen molar-refractivity contribution >= 4 is 28.5 Å². The van der Waals surface area contributed by atoms with Crippen LogP contribution in [0.25, 0.3) is 0 Å². The summed E-state index contributed by atoms with van der Waals surface area (Å²) in [7, 11) is -1.27. The topological polar surface area (TPSA) is 54.4 Å². The van der Waals surface area contributed by atoms with E-state index in [2.05, 4.69) is 0 Å². The van der Waals surface area contributed by atoms with Crippen LogP contribution in [-0.4, -0.2) is 37.8 Å². The van der Waals surface area contributed by atoms with E-state index in [1.165, 1.54) is 13.8 Å². The van der Waals surface area contributed by atoms with Crippen LogP contribution in [0.15, 0.2) is 0 Å². The van der Waals surface area contributed by atoms with E-state index >= 15 is 0 Å². The molecule has 1 atom stereocenters. The molecular weight excluding hydrogens is 208 g/mol. The first-order valence-electron chi connectivity index (χ1n) is 4.03. The predicted molar refractivity (Wildman–Crippen MR) is 57.7 cm³/mol. The normalized spacial score (nSPS) is 14.1. The highest BCUT2D eigenvalue weighted by Gasteiger charge is 2.33. The van der Waals surface area contributed by atoms with Crippen molar-refractivity contribution < 1.29 is 14.1 Å². The van der Waals surface area contributed by atoms with Crippen LogP contribution in [0.1, 0.15) is 20.3 Å². The molecule has 0 aromatic carbocycles. The molecule has 0 saturated carbocycles. The molecule has 0 aromatic heterocycles. The Hall–Kier alpha value is -0.0300. The second-order valence-corrected chi connectivity index (χ2v) is 6.32. The molecule has 0 radical (unpaired) electrons. The van der Waals surface area contributed by atoms with E-state index < -0.39 is 21.5 Å². The van der Waals surface area contributed by atoms with Crippen LogP contribution in [0.3, 0.4) is 0 Å². The van der Waals surface area contributed by atoms with Crippen molar-refractivity contribution in [3.05, 3.63) is 0 Å². The lowest BCUT2D eigenvalue weighted by Gasteiger charge is -2.17. The van der Waals surface area contributed by atoms with Crippen molar-refractivity contribution in [3.8, 4) is 0 Å². The number of hydrogen-bond acceptors (Lipinski definition) is 3. The molecule has 0 fully saturated rings. The molecule has 1 N–H and O–H groups in total. The Kier molecular flexibility index (Phi) is 5.64. The summed E-state index contributed by atoms with van der Waals surface area (Å²) in [6.07, 6.45) is 2.79. The van der Waals surface area contributed by atoms with Gasteiger partial charge in [0.15, 0.2) is 0 Å². The fraction of sp³-hybridized carbons (Fsp3) is 0.875. The van der Waals surface area contributed by atoms with Crippen molar-refractivity contribution in [3.63, 3.8) is 0 Å². The third kappa shape index (κ3) is 4.13. The van der Waals surface area contributed by atoms with Gasteiger partial charge in [-0.3, -0.25) is 9.00 Å². The van der Waals surface area contributed by atoms with Gasteiger partial charge in [-0.05, 0) is 32.3 Å². The molecule has 13 heavy (non-hydrogen) atoms. The van der Waals surface area contributed by atoms with E-state index in [0.717, 1.165) is 12.2 Å². The van der Waals surface area contributed by atoms with E-state index in [-0.39, 0.29) is 0 Å². The monoisotopic (exact) mass is 224 g/mol. The molecule has 0 amide bonds. The summed E-state index contributed by atoms with van der Waals surface area (Å²) >= 11 is 1.68. The highest BCUT2D eigenvalue weighted by Crippen LogP contribution is 2.14. The quantitative estimate of drug-likeness (QED) is 0.692. The van der Waals surface area contributed by atoms with Gasteiger partial charge < -0.3 is 5.11 Å². The Morgan fingerprint density at radius 2 is 2.08 bits per heavy atom. The van der Waals surface area contributed by atoms with Gasteiger partial charge >= 0.3 is 5.97 Å². The van der Waals surface area contributed by atoms with Gasteiger partial charge in [-0.25, -0.2) is 0 Å². The summed E-state index contributed by atoms with van der Waals surface area (Å²) in [6, 6.07) is 0. The van der Waals surface area contributed by atoms with E-state index in [0.29, 0.717) is 5.75 Å². The van der Waals surface area contributed by atoms with Crippen molar-refractivity contribution in [2.45, 2.75) is 25.0 Å². The lowest BCUT2D eigenvalue weighted by molar-refractivity contribution is -0.139. The molecule has 1 unspecified atom stereocenters. The smallest absolute Gasteiger partial charge is 0.321 e. The number of carboxylic acid groups (broad SMARTS) is 1. The minimum atomic E-state index is -1.27. The van der Waals surface area contributed by atoms with Crippen LogP contribution in [0, 0.1) is 0 Å². The van der Waals surface area contributed by atoms with Crippen molar-refractivity contribution in [2.75, 3.05) is 17.8 Å². The number of thioether (sulfide) groups is 1. The molecule has 0 bridgehead atoms. The van der Waals surface area contributed by atoms with Gasteiger partial charge in [0.2, 0.25) is 0 Å². The first-order chi connectivity index (χ1) is 5.92. The Balaban J connectivity index is 4.03. The lowest BCUT2D eigenvalue weighted by Crippen LogP contribution is -2.37. The number of carboxylic acids is 1. The fourth-order valence-corrected chi connectivity index (χ4v) is 2.41. The minimum Gasteiger partial charge on any atom is -0.480 e. The van der Waals surface area contributed by atoms with Crippen LogP contribution in [0.4, 0.5) is 0 Å². The van der Waals surface area contributed by atoms with Crippen LogP contribution >= 0.6 is 11.8 Å². The molecule has 0 aliphatic rings. The minimum absolute atomic E-state index is 0.472. The van der Waals surface area contributed by atoms with Gasteiger partial charge in [0, 0.05) is 16.6 Å². The first kappa shape index (κ1) is 13.0. The molecule has 0 aromatic rings. The van der Waals surface area contributed by atoms with Gasteiger partial charge in [-0.2, -0.15) is 11.8 Å². The molecule has 0 aliphatic carbocycles. The molecule has 5 heteroatoms. The Labute approximate surface area is 85.7 Å². The maximum Gasteiger partial charge on any atom is 0.321 e. The van der Waals surface area contributed by atoms with Crippen molar-refractivity contribution in [2.24, 2.45) is 0 Å². The molecular formula is C8H16O3S2. The number of carbonyl (C=O) groups is 1. The zero-order valence-electron chi connectivity index (χ0n) is 8.20. The van der Waals surface area contributed by atoms with E-state index in [4.69, 9.17) is 5.11 Å². The van der Waals surface area contributed by atoms with Crippen LogP contribution < -0.4 is 0 Å². The van der Waals surface area contributed by atoms with Crippen molar-refractivity contribution in [1.29, 1.82) is 0 Å². The summed E-state index contributed by atoms with van der Waals surface area (Å²) in [5.41, 5.74) is 0. The molecule has 0 heterocycles. The Morgan fingerprint density at radius 1 is 1.54 bits per heavy atom. The largest absolute Gasteiger partial charge is 0.480 e. The van der Waals surface area contributed by atoms with E-state index in [1.807, 2.05) is 6.26 Å². The molecule has 0 saturated heterocycles. The molecule has 0 aliphatic heterocycles. The highest BCUT2D eigenvalue weighted by atomic mass is 32.2. The molecule has 78 valence electrons.